The Balaban J connectivity index is 1.88. The van der Waals surface area contributed by atoms with Gasteiger partial charge in [0.2, 0.25) is 0 Å². The van der Waals surface area contributed by atoms with Crippen molar-refractivity contribution < 1.29 is 14.3 Å². The Labute approximate surface area is 93.8 Å². The van der Waals surface area contributed by atoms with E-state index in [1.54, 1.807) is 12.4 Å². The molecular formula is C11H14N2O3. The number of rotatable bonds is 3. The fourth-order valence-electron chi connectivity index (χ4n) is 1.72. The summed E-state index contributed by atoms with van der Waals surface area (Å²) in [6, 6.07) is 3.40. The Morgan fingerprint density at radius 1 is 1.62 bits per heavy atom. The molecule has 0 radical (unpaired) electrons. The fraction of sp³-hybridized carbons (Fsp3) is 0.455. The molecule has 0 bridgehead atoms. The van der Waals surface area contributed by atoms with Crippen LogP contribution in [0.15, 0.2) is 24.5 Å². The molecule has 0 amide bonds. The first kappa shape index (κ1) is 10.9. The first-order chi connectivity index (χ1) is 7.79. The average molecular weight is 222 g/mol. The molecule has 1 aromatic rings. The van der Waals surface area contributed by atoms with E-state index in [4.69, 9.17) is 4.74 Å². The minimum atomic E-state index is -0.258. The zero-order valence-corrected chi connectivity index (χ0v) is 9.05. The van der Waals surface area contributed by atoms with Crippen LogP contribution in [0.3, 0.4) is 0 Å². The van der Waals surface area contributed by atoms with Crippen molar-refractivity contribution in [1.82, 2.24) is 10.3 Å². The van der Waals surface area contributed by atoms with Crippen molar-refractivity contribution in [2.24, 2.45) is 0 Å². The molecule has 5 heteroatoms. The Morgan fingerprint density at radius 2 is 2.50 bits per heavy atom. The topological polar surface area (TPSA) is 60.5 Å². The second-order valence-electron chi connectivity index (χ2n) is 3.65. The zero-order valence-electron chi connectivity index (χ0n) is 9.05. The lowest BCUT2D eigenvalue weighted by Gasteiger charge is -2.11. The van der Waals surface area contributed by atoms with Crippen molar-refractivity contribution in [3.8, 4) is 5.75 Å². The van der Waals surface area contributed by atoms with Gasteiger partial charge in [-0.05, 0) is 12.1 Å². The lowest BCUT2D eigenvalue weighted by molar-refractivity contribution is -0.142. The van der Waals surface area contributed by atoms with Crippen molar-refractivity contribution in [1.29, 1.82) is 0 Å². The van der Waals surface area contributed by atoms with Crippen molar-refractivity contribution in [2.45, 2.75) is 18.6 Å². The van der Waals surface area contributed by atoms with E-state index in [9.17, 15) is 4.79 Å². The molecule has 0 spiro atoms. The lowest BCUT2D eigenvalue weighted by Crippen LogP contribution is -2.31. The number of hydrogen-bond donors (Lipinski definition) is 1. The monoisotopic (exact) mass is 222 g/mol. The molecule has 1 aliphatic rings. The number of nitrogens with one attached hydrogen (secondary N) is 1. The molecule has 16 heavy (non-hydrogen) atoms. The maximum atomic E-state index is 11.3. The molecule has 0 aromatic carbocycles. The van der Waals surface area contributed by atoms with Gasteiger partial charge in [0.1, 0.15) is 17.9 Å². The van der Waals surface area contributed by atoms with Crippen LogP contribution in [0.5, 0.6) is 5.75 Å². The number of methoxy groups -OCH3 is 1. The van der Waals surface area contributed by atoms with Crippen LogP contribution >= 0.6 is 0 Å². The Morgan fingerprint density at radius 3 is 3.19 bits per heavy atom. The summed E-state index contributed by atoms with van der Waals surface area (Å²) in [7, 11) is 1.39. The molecular weight excluding hydrogens is 208 g/mol. The van der Waals surface area contributed by atoms with Gasteiger partial charge >= 0.3 is 5.97 Å². The number of carbonyl (C=O) groups excluding carboxylic acids is 1. The number of hydrogen-bond acceptors (Lipinski definition) is 5. The molecule has 0 unspecified atom stereocenters. The molecule has 0 saturated carbocycles. The van der Waals surface area contributed by atoms with Crippen LogP contribution in [-0.2, 0) is 9.53 Å². The van der Waals surface area contributed by atoms with Gasteiger partial charge < -0.3 is 14.8 Å². The lowest BCUT2D eigenvalue weighted by atomic mass is 10.2. The first-order valence-corrected chi connectivity index (χ1v) is 5.17. The number of pyridine rings is 1. The maximum Gasteiger partial charge on any atom is 0.323 e. The van der Waals surface area contributed by atoms with Gasteiger partial charge in [-0.25, -0.2) is 0 Å². The minimum absolute atomic E-state index is 0.00620. The predicted molar refractivity (Wildman–Crippen MR) is 57.1 cm³/mol. The highest BCUT2D eigenvalue weighted by molar-refractivity contribution is 5.76. The Kier molecular flexibility index (Phi) is 3.36. The largest absolute Gasteiger partial charge is 0.487 e. The van der Waals surface area contributed by atoms with Gasteiger partial charge in [0.05, 0.1) is 13.3 Å². The highest BCUT2D eigenvalue weighted by atomic mass is 16.5. The summed E-state index contributed by atoms with van der Waals surface area (Å²) < 4.78 is 10.3. The van der Waals surface area contributed by atoms with Gasteiger partial charge in [0, 0.05) is 19.2 Å². The summed E-state index contributed by atoms with van der Waals surface area (Å²) in [5.41, 5.74) is 0. The van der Waals surface area contributed by atoms with Crippen LogP contribution in [0.2, 0.25) is 0 Å². The van der Waals surface area contributed by atoms with Gasteiger partial charge in [-0.15, -0.1) is 0 Å². The zero-order chi connectivity index (χ0) is 11.4. The molecule has 1 N–H and O–H groups in total. The van der Waals surface area contributed by atoms with Gasteiger partial charge in [0.15, 0.2) is 0 Å². The van der Waals surface area contributed by atoms with Crippen LogP contribution in [0, 0.1) is 0 Å². The number of esters is 1. The Bertz CT molecular complexity index is 356. The quantitative estimate of drug-likeness (QED) is 0.748. The van der Waals surface area contributed by atoms with Crippen molar-refractivity contribution in [2.75, 3.05) is 13.7 Å². The summed E-state index contributed by atoms with van der Waals surface area (Å²) in [6.45, 7) is 0.647. The average Bonchev–Trinajstić information content (AvgIpc) is 2.78. The van der Waals surface area contributed by atoms with Gasteiger partial charge in [0.25, 0.3) is 0 Å². The molecule has 1 saturated heterocycles. The third kappa shape index (κ3) is 2.49. The summed E-state index contributed by atoms with van der Waals surface area (Å²) in [5.74, 6) is 0.483. The fourth-order valence-corrected chi connectivity index (χ4v) is 1.72. The van der Waals surface area contributed by atoms with Crippen LogP contribution in [0.1, 0.15) is 6.42 Å². The minimum Gasteiger partial charge on any atom is -0.487 e. The number of aromatic nitrogens is 1. The van der Waals surface area contributed by atoms with Gasteiger partial charge in [-0.3, -0.25) is 9.78 Å². The normalized spacial score (nSPS) is 24.1. The van der Waals surface area contributed by atoms with E-state index in [2.05, 4.69) is 15.0 Å². The van der Waals surface area contributed by atoms with Crippen molar-refractivity contribution >= 4 is 5.97 Å². The molecule has 5 nitrogen and oxygen atoms in total. The molecule has 0 aliphatic carbocycles. The number of carbonyl (C=O) groups is 1. The maximum absolute atomic E-state index is 11.3. The third-order valence-electron chi connectivity index (χ3n) is 2.51. The van der Waals surface area contributed by atoms with E-state index in [-0.39, 0.29) is 18.1 Å². The predicted octanol–water partition coefficient (Wildman–Crippen LogP) is 0.364. The molecule has 2 atom stereocenters. The first-order valence-electron chi connectivity index (χ1n) is 5.17. The summed E-state index contributed by atoms with van der Waals surface area (Å²) >= 11 is 0. The van der Waals surface area contributed by atoms with E-state index in [0.29, 0.717) is 13.0 Å². The standard InChI is InChI=1S/C11H14N2O3/c1-15-11(14)10-5-9(7-13-10)16-8-3-2-4-12-6-8/h2-4,6,9-10,13H,5,7H2,1H3/t9-,10-/m0/s1. The van der Waals surface area contributed by atoms with Crippen molar-refractivity contribution in [3.63, 3.8) is 0 Å². The molecule has 1 aliphatic heterocycles. The van der Waals surface area contributed by atoms with E-state index < -0.39 is 0 Å². The van der Waals surface area contributed by atoms with E-state index >= 15 is 0 Å². The molecule has 1 fully saturated rings. The number of nitrogens with zero attached hydrogens (tertiary/aromatic N) is 1. The second kappa shape index (κ2) is 4.94. The van der Waals surface area contributed by atoms with Crippen LogP contribution in [0.25, 0.3) is 0 Å². The summed E-state index contributed by atoms with van der Waals surface area (Å²) in [6.07, 6.45) is 3.97. The summed E-state index contributed by atoms with van der Waals surface area (Å²) in [4.78, 5) is 15.2. The van der Waals surface area contributed by atoms with E-state index in [0.717, 1.165) is 5.75 Å². The van der Waals surface area contributed by atoms with Gasteiger partial charge in [-0.2, -0.15) is 0 Å². The molecule has 2 heterocycles. The van der Waals surface area contributed by atoms with Crippen molar-refractivity contribution in [3.05, 3.63) is 24.5 Å². The van der Waals surface area contributed by atoms with E-state index in [1.165, 1.54) is 7.11 Å². The van der Waals surface area contributed by atoms with Crippen LogP contribution in [0.4, 0.5) is 0 Å². The van der Waals surface area contributed by atoms with Crippen LogP contribution in [-0.4, -0.2) is 36.8 Å². The molecule has 2 rings (SSSR count). The van der Waals surface area contributed by atoms with E-state index in [1.807, 2.05) is 12.1 Å². The van der Waals surface area contributed by atoms with Gasteiger partial charge in [-0.1, -0.05) is 0 Å². The molecule has 1 aromatic heterocycles. The Hall–Kier alpha value is -1.62. The third-order valence-corrected chi connectivity index (χ3v) is 2.51. The smallest absolute Gasteiger partial charge is 0.323 e. The summed E-state index contributed by atoms with van der Waals surface area (Å²) in [5, 5.41) is 3.06. The molecule has 86 valence electrons. The van der Waals surface area contributed by atoms with Crippen LogP contribution < -0.4 is 10.1 Å². The number of ether oxygens (including phenoxy) is 2. The highest BCUT2D eigenvalue weighted by Gasteiger charge is 2.31. The highest BCUT2D eigenvalue weighted by Crippen LogP contribution is 2.16. The second-order valence-corrected chi connectivity index (χ2v) is 3.65. The SMILES string of the molecule is COC(=O)[C@@H]1C[C@H](Oc2cccnc2)CN1.